The summed E-state index contributed by atoms with van der Waals surface area (Å²) < 4.78 is 10.6. The zero-order valence-corrected chi connectivity index (χ0v) is 16.8. The zero-order valence-electron chi connectivity index (χ0n) is 14.5. The van der Waals surface area contributed by atoms with Gasteiger partial charge in [0.1, 0.15) is 22.6 Å². The maximum absolute atomic E-state index is 9.63. The Kier molecular flexibility index (Phi) is 6.02. The Labute approximate surface area is 171 Å². The fourth-order valence-electron chi connectivity index (χ4n) is 2.47. The Balaban J connectivity index is 2.01. The summed E-state index contributed by atoms with van der Waals surface area (Å²) in [4.78, 5) is 4.56. The van der Waals surface area contributed by atoms with Crippen LogP contribution in [0.1, 0.15) is 10.6 Å². The Bertz CT molecular complexity index is 1050. The molecule has 0 atom stereocenters. The van der Waals surface area contributed by atoms with Gasteiger partial charge in [-0.3, -0.25) is 0 Å². The molecule has 0 aliphatic carbocycles. The second-order valence-corrected chi connectivity index (χ2v) is 7.14. The summed E-state index contributed by atoms with van der Waals surface area (Å²) in [5.41, 5.74) is 2.60. The molecule has 3 rings (SSSR count). The van der Waals surface area contributed by atoms with Gasteiger partial charge in [-0.1, -0.05) is 23.2 Å². The largest absolute Gasteiger partial charge is 0.497 e. The van der Waals surface area contributed by atoms with Crippen molar-refractivity contribution in [3.05, 3.63) is 62.4 Å². The quantitative estimate of drug-likeness (QED) is 0.464. The minimum absolute atomic E-state index is 0.419. The zero-order chi connectivity index (χ0) is 19.4. The smallest absolute Gasteiger partial charge is 0.134 e. The number of hydrogen-bond donors (Lipinski definition) is 0. The van der Waals surface area contributed by atoms with E-state index < -0.39 is 0 Å². The van der Waals surface area contributed by atoms with Crippen LogP contribution < -0.4 is 9.47 Å². The predicted octanol–water partition coefficient (Wildman–Crippen LogP) is 6.20. The average molecular weight is 417 g/mol. The summed E-state index contributed by atoms with van der Waals surface area (Å²) in [5, 5.41) is 13.1. The van der Waals surface area contributed by atoms with Crippen LogP contribution in [0.2, 0.25) is 10.0 Å². The van der Waals surface area contributed by atoms with Gasteiger partial charge in [-0.05, 0) is 42.5 Å². The summed E-state index contributed by atoms with van der Waals surface area (Å²) >= 11 is 13.6. The molecule has 1 heterocycles. The molecule has 0 saturated carbocycles. The van der Waals surface area contributed by atoms with E-state index in [1.165, 1.54) is 11.3 Å². The standard InChI is InChI=1S/C20H14Cl2N2O2S/c1-25-15-4-6-19(26-2)12(8-15)7-13(10-23)20-24-18(11-27-20)16-5-3-14(21)9-17(16)22/h3-9,11H,1-2H3. The van der Waals surface area contributed by atoms with E-state index in [4.69, 9.17) is 32.7 Å². The minimum atomic E-state index is 0.419. The van der Waals surface area contributed by atoms with Crippen molar-refractivity contribution in [1.82, 2.24) is 4.98 Å². The Morgan fingerprint density at radius 3 is 2.63 bits per heavy atom. The molecule has 0 amide bonds. The highest BCUT2D eigenvalue weighted by atomic mass is 35.5. The van der Waals surface area contributed by atoms with Crippen LogP contribution in [0.5, 0.6) is 11.5 Å². The molecule has 4 nitrogen and oxygen atoms in total. The van der Waals surface area contributed by atoms with Crippen LogP contribution in [0, 0.1) is 11.3 Å². The molecular formula is C20H14Cl2N2O2S. The van der Waals surface area contributed by atoms with Crippen molar-refractivity contribution in [2.45, 2.75) is 0 Å². The molecule has 2 aromatic carbocycles. The van der Waals surface area contributed by atoms with Crippen LogP contribution in [-0.2, 0) is 0 Å². The number of thiazole rings is 1. The molecule has 0 spiro atoms. The van der Waals surface area contributed by atoms with E-state index in [0.717, 1.165) is 11.1 Å². The first kappa shape index (κ1) is 19.2. The first-order valence-corrected chi connectivity index (χ1v) is 9.44. The van der Waals surface area contributed by atoms with Crippen LogP contribution in [0.15, 0.2) is 41.8 Å². The van der Waals surface area contributed by atoms with E-state index in [2.05, 4.69) is 11.1 Å². The molecular weight excluding hydrogens is 403 g/mol. The number of aromatic nitrogens is 1. The molecule has 136 valence electrons. The fraction of sp³-hybridized carbons (Fsp3) is 0.100. The number of nitriles is 1. The van der Waals surface area contributed by atoms with Crippen molar-refractivity contribution in [1.29, 1.82) is 5.26 Å². The molecule has 0 bridgehead atoms. The number of nitrogens with zero attached hydrogens (tertiary/aromatic N) is 2. The third kappa shape index (κ3) is 4.25. The third-order valence-electron chi connectivity index (χ3n) is 3.80. The van der Waals surface area contributed by atoms with Crippen molar-refractivity contribution >= 4 is 46.2 Å². The highest BCUT2D eigenvalue weighted by Gasteiger charge is 2.13. The van der Waals surface area contributed by atoms with Crippen LogP contribution in [0.3, 0.4) is 0 Å². The SMILES string of the molecule is COc1ccc(OC)c(C=C(C#N)c2nc(-c3ccc(Cl)cc3Cl)cs2)c1. The lowest BCUT2D eigenvalue weighted by atomic mass is 10.1. The van der Waals surface area contributed by atoms with Crippen LogP contribution >= 0.6 is 34.5 Å². The van der Waals surface area contributed by atoms with Crippen molar-refractivity contribution in [2.24, 2.45) is 0 Å². The normalized spacial score (nSPS) is 11.1. The number of ether oxygens (including phenoxy) is 2. The molecule has 0 fully saturated rings. The first-order valence-electron chi connectivity index (χ1n) is 7.81. The van der Waals surface area contributed by atoms with Gasteiger partial charge in [0, 0.05) is 21.5 Å². The van der Waals surface area contributed by atoms with Gasteiger partial charge in [0.15, 0.2) is 0 Å². The predicted molar refractivity (Wildman–Crippen MR) is 111 cm³/mol. The van der Waals surface area contributed by atoms with Gasteiger partial charge in [-0.15, -0.1) is 11.3 Å². The van der Waals surface area contributed by atoms with Gasteiger partial charge >= 0.3 is 0 Å². The molecule has 0 radical (unpaired) electrons. The van der Waals surface area contributed by atoms with Gasteiger partial charge in [-0.25, -0.2) is 4.98 Å². The summed E-state index contributed by atoms with van der Waals surface area (Å²) in [7, 11) is 3.17. The molecule has 27 heavy (non-hydrogen) atoms. The lowest BCUT2D eigenvalue weighted by Gasteiger charge is -2.07. The lowest BCUT2D eigenvalue weighted by molar-refractivity contribution is 0.402. The molecule has 3 aromatic rings. The highest BCUT2D eigenvalue weighted by molar-refractivity contribution is 7.11. The second-order valence-electron chi connectivity index (χ2n) is 5.44. The van der Waals surface area contributed by atoms with E-state index in [1.807, 2.05) is 11.4 Å². The van der Waals surface area contributed by atoms with E-state index in [-0.39, 0.29) is 0 Å². The number of benzene rings is 2. The molecule has 0 unspecified atom stereocenters. The Morgan fingerprint density at radius 1 is 1.15 bits per heavy atom. The molecule has 0 aliphatic rings. The number of rotatable bonds is 5. The van der Waals surface area contributed by atoms with Crippen molar-refractivity contribution in [3.8, 4) is 28.8 Å². The maximum atomic E-state index is 9.63. The number of allylic oxidation sites excluding steroid dienone is 1. The molecule has 7 heteroatoms. The number of methoxy groups -OCH3 is 2. The average Bonchev–Trinajstić information content (AvgIpc) is 3.15. The molecule has 0 saturated heterocycles. The van der Waals surface area contributed by atoms with E-state index in [0.29, 0.717) is 37.8 Å². The van der Waals surface area contributed by atoms with Gasteiger partial charge in [0.05, 0.1) is 30.5 Å². The number of hydrogen-bond acceptors (Lipinski definition) is 5. The van der Waals surface area contributed by atoms with Gasteiger partial charge < -0.3 is 9.47 Å². The second kappa shape index (κ2) is 8.45. The Hall–Kier alpha value is -2.52. The van der Waals surface area contributed by atoms with Crippen molar-refractivity contribution in [3.63, 3.8) is 0 Å². The van der Waals surface area contributed by atoms with E-state index in [1.54, 1.807) is 50.6 Å². The van der Waals surface area contributed by atoms with E-state index >= 15 is 0 Å². The van der Waals surface area contributed by atoms with Gasteiger partial charge in [0.2, 0.25) is 0 Å². The lowest BCUT2D eigenvalue weighted by Crippen LogP contribution is -1.90. The Morgan fingerprint density at radius 2 is 1.96 bits per heavy atom. The van der Waals surface area contributed by atoms with Gasteiger partial charge in [0.25, 0.3) is 0 Å². The molecule has 0 N–H and O–H groups in total. The van der Waals surface area contributed by atoms with Gasteiger partial charge in [-0.2, -0.15) is 5.26 Å². The summed E-state index contributed by atoms with van der Waals surface area (Å²) in [5.74, 6) is 1.31. The van der Waals surface area contributed by atoms with E-state index in [9.17, 15) is 5.26 Å². The summed E-state index contributed by atoms with van der Waals surface area (Å²) in [6, 6.07) is 12.8. The van der Waals surface area contributed by atoms with Crippen LogP contribution in [0.25, 0.3) is 22.9 Å². The molecule has 1 aromatic heterocycles. The van der Waals surface area contributed by atoms with Crippen molar-refractivity contribution in [2.75, 3.05) is 14.2 Å². The third-order valence-corrected chi connectivity index (χ3v) is 5.22. The maximum Gasteiger partial charge on any atom is 0.134 e. The summed E-state index contributed by atoms with van der Waals surface area (Å²) in [6.07, 6.45) is 1.73. The first-order chi connectivity index (χ1) is 13.0. The highest BCUT2D eigenvalue weighted by Crippen LogP contribution is 2.34. The fourth-order valence-corrected chi connectivity index (χ4v) is 3.76. The topological polar surface area (TPSA) is 55.1 Å². The van der Waals surface area contributed by atoms with Crippen LogP contribution in [0.4, 0.5) is 0 Å². The number of halogens is 2. The minimum Gasteiger partial charge on any atom is -0.497 e. The molecule has 0 aliphatic heterocycles. The monoisotopic (exact) mass is 416 g/mol. The van der Waals surface area contributed by atoms with Crippen LogP contribution in [-0.4, -0.2) is 19.2 Å². The van der Waals surface area contributed by atoms with Crippen molar-refractivity contribution < 1.29 is 9.47 Å². The summed E-state index contributed by atoms with van der Waals surface area (Å²) in [6.45, 7) is 0.